The van der Waals surface area contributed by atoms with Crippen molar-refractivity contribution in [2.75, 3.05) is 26.1 Å². The number of methoxy groups -OCH3 is 1. The van der Waals surface area contributed by atoms with E-state index in [0.717, 1.165) is 46.8 Å². The van der Waals surface area contributed by atoms with Crippen LogP contribution in [0.5, 0.6) is 5.75 Å². The molecule has 1 aliphatic rings. The third-order valence-electron chi connectivity index (χ3n) is 6.72. The normalized spacial score (nSPS) is 17.6. The number of aliphatic hydroxyl groups is 1. The highest BCUT2D eigenvalue weighted by Gasteiger charge is 2.27. The van der Waals surface area contributed by atoms with E-state index in [9.17, 15) is 14.3 Å². The van der Waals surface area contributed by atoms with E-state index in [1.807, 2.05) is 35.0 Å². The largest absolute Gasteiger partial charge is 0.496 e. The van der Waals surface area contributed by atoms with Gasteiger partial charge in [-0.25, -0.2) is 14.4 Å². The van der Waals surface area contributed by atoms with Gasteiger partial charge in [0.2, 0.25) is 0 Å². The number of rotatable bonds is 7. The second-order valence-electron chi connectivity index (χ2n) is 9.02. The molecule has 1 amide bonds. The Hall–Kier alpha value is -4.02. The molecule has 3 heterocycles. The molecule has 5 rings (SSSR count). The van der Waals surface area contributed by atoms with Crippen molar-refractivity contribution in [3.63, 3.8) is 0 Å². The van der Waals surface area contributed by atoms with Crippen LogP contribution in [-0.2, 0) is 11.3 Å². The molecule has 0 aliphatic carbocycles. The predicted molar refractivity (Wildman–Crippen MR) is 136 cm³/mol. The second-order valence-corrected chi connectivity index (χ2v) is 9.02. The third-order valence-corrected chi connectivity index (χ3v) is 6.72. The fourth-order valence-corrected chi connectivity index (χ4v) is 4.71. The van der Waals surface area contributed by atoms with Gasteiger partial charge in [0.1, 0.15) is 23.4 Å². The lowest BCUT2D eigenvalue weighted by atomic mass is 9.92. The monoisotopic (exact) mass is 505 g/mol. The number of aliphatic hydroxyl groups excluding tert-OH is 1. The Morgan fingerprint density at radius 1 is 1.24 bits per heavy atom. The molecule has 9 nitrogen and oxygen atoms in total. The summed E-state index contributed by atoms with van der Waals surface area (Å²) >= 11 is 0. The molecule has 37 heavy (non-hydrogen) atoms. The molecule has 192 valence electrons. The maximum atomic E-state index is 13.6. The summed E-state index contributed by atoms with van der Waals surface area (Å²) in [6, 6.07) is 11.5. The molecule has 0 saturated carbocycles. The fraction of sp³-hybridized carbons (Fsp3) is 0.296. The van der Waals surface area contributed by atoms with Crippen molar-refractivity contribution in [2.24, 2.45) is 0 Å². The van der Waals surface area contributed by atoms with Crippen LogP contribution in [0.4, 0.5) is 10.2 Å². The minimum absolute atomic E-state index is 0.0200. The molecule has 4 aromatic rings. The zero-order valence-corrected chi connectivity index (χ0v) is 20.4. The molecule has 4 N–H and O–H groups in total. The molecule has 10 heteroatoms. The maximum absolute atomic E-state index is 13.6. The Morgan fingerprint density at radius 3 is 2.76 bits per heavy atom. The number of fused-ring (bicyclic) bond motifs is 1. The van der Waals surface area contributed by atoms with Gasteiger partial charge in [0.05, 0.1) is 37.5 Å². The van der Waals surface area contributed by atoms with Crippen molar-refractivity contribution in [3.05, 3.63) is 77.5 Å². The number of hydrogen-bond acceptors (Lipinski definition) is 7. The number of aromatic nitrogens is 3. The van der Waals surface area contributed by atoms with Gasteiger partial charge < -0.3 is 30.2 Å². The Balaban J connectivity index is 1.36. The lowest BCUT2D eigenvalue weighted by Crippen LogP contribution is -2.27. The van der Waals surface area contributed by atoms with E-state index in [-0.39, 0.29) is 30.7 Å². The second kappa shape index (κ2) is 10.5. The average Bonchev–Trinajstić information content (AvgIpc) is 3.33. The summed E-state index contributed by atoms with van der Waals surface area (Å²) in [7, 11) is 1.43. The van der Waals surface area contributed by atoms with Crippen LogP contribution >= 0.6 is 0 Å². The van der Waals surface area contributed by atoms with Gasteiger partial charge in [0.25, 0.3) is 5.91 Å². The van der Waals surface area contributed by atoms with Crippen LogP contribution in [0.25, 0.3) is 16.7 Å². The molecule has 2 atom stereocenters. The Kier molecular flexibility index (Phi) is 7.02. The molecule has 1 aliphatic heterocycles. The van der Waals surface area contributed by atoms with Crippen molar-refractivity contribution in [1.82, 2.24) is 19.9 Å². The van der Waals surface area contributed by atoms with Gasteiger partial charge in [-0.15, -0.1) is 0 Å². The summed E-state index contributed by atoms with van der Waals surface area (Å²) in [4.78, 5) is 21.3. The van der Waals surface area contributed by atoms with E-state index in [0.29, 0.717) is 18.2 Å². The number of nitrogens with zero attached hydrogens (tertiary/aromatic N) is 3. The average molecular weight is 506 g/mol. The summed E-state index contributed by atoms with van der Waals surface area (Å²) < 4.78 is 26.6. The number of nitrogen functional groups attached to an aromatic ring is 1. The first-order valence-electron chi connectivity index (χ1n) is 12.0. The highest BCUT2D eigenvalue weighted by molar-refractivity contribution is 5.97. The van der Waals surface area contributed by atoms with Crippen LogP contribution in [0, 0.1) is 5.82 Å². The van der Waals surface area contributed by atoms with Gasteiger partial charge in [-0.1, -0.05) is 12.1 Å². The molecule has 2 aromatic heterocycles. The van der Waals surface area contributed by atoms with E-state index in [2.05, 4.69) is 15.3 Å². The van der Waals surface area contributed by atoms with Crippen LogP contribution in [0.1, 0.15) is 40.2 Å². The molecule has 2 aromatic carbocycles. The highest BCUT2D eigenvalue weighted by Crippen LogP contribution is 2.36. The first-order chi connectivity index (χ1) is 18.0. The van der Waals surface area contributed by atoms with Crippen LogP contribution in [0.15, 0.2) is 55.0 Å². The standard InChI is InChI=1S/C27H28FN5O4/c1-36-23-9-5-18(28)10-21(23)27(35)30-11-16-2-6-19(7-3-16)33-12-22(17-4-8-20(13-34)37-14-17)24-25(33)26(29)32-15-31-24/h2-3,5-7,9-10,12,15,17,20,34H,4,8,11,13-14H2,1H3,(H,30,35)(H2,29,31,32). The van der Waals surface area contributed by atoms with E-state index in [1.165, 1.54) is 25.6 Å². The molecule has 0 radical (unpaired) electrons. The molecule has 1 fully saturated rings. The van der Waals surface area contributed by atoms with Crippen LogP contribution in [0.2, 0.25) is 0 Å². The zero-order chi connectivity index (χ0) is 25.9. The fourth-order valence-electron chi connectivity index (χ4n) is 4.71. The zero-order valence-electron chi connectivity index (χ0n) is 20.4. The summed E-state index contributed by atoms with van der Waals surface area (Å²) in [6.45, 7) is 0.780. The third kappa shape index (κ3) is 4.98. The molecular formula is C27H28FN5O4. The van der Waals surface area contributed by atoms with Gasteiger partial charge >= 0.3 is 0 Å². The van der Waals surface area contributed by atoms with Gasteiger partial charge in [0.15, 0.2) is 5.82 Å². The smallest absolute Gasteiger partial charge is 0.255 e. The van der Waals surface area contributed by atoms with Crippen molar-refractivity contribution >= 4 is 22.8 Å². The van der Waals surface area contributed by atoms with E-state index >= 15 is 0 Å². The summed E-state index contributed by atoms with van der Waals surface area (Å²) in [6.07, 6.45) is 5.01. The van der Waals surface area contributed by atoms with Gasteiger partial charge in [0, 0.05) is 29.9 Å². The Labute approximate surface area is 213 Å². The number of carbonyl (C=O) groups is 1. The summed E-state index contributed by atoms with van der Waals surface area (Å²) in [5.74, 6) is -0.120. The van der Waals surface area contributed by atoms with Crippen molar-refractivity contribution in [2.45, 2.75) is 31.4 Å². The van der Waals surface area contributed by atoms with E-state index < -0.39 is 11.7 Å². The van der Waals surface area contributed by atoms with E-state index in [4.69, 9.17) is 15.2 Å². The van der Waals surface area contributed by atoms with Gasteiger partial charge in [-0.2, -0.15) is 0 Å². The van der Waals surface area contributed by atoms with Crippen molar-refractivity contribution < 1.29 is 23.8 Å². The van der Waals surface area contributed by atoms with Crippen LogP contribution in [-0.4, -0.2) is 52.0 Å². The minimum atomic E-state index is -0.509. The molecular weight excluding hydrogens is 477 g/mol. The Morgan fingerprint density at radius 2 is 2.05 bits per heavy atom. The molecule has 0 bridgehead atoms. The molecule has 1 saturated heterocycles. The van der Waals surface area contributed by atoms with Crippen molar-refractivity contribution in [1.29, 1.82) is 0 Å². The lowest BCUT2D eigenvalue weighted by molar-refractivity contribution is -0.0268. The van der Waals surface area contributed by atoms with Crippen LogP contribution < -0.4 is 15.8 Å². The number of benzene rings is 2. The van der Waals surface area contributed by atoms with Gasteiger partial charge in [-0.3, -0.25) is 4.79 Å². The highest BCUT2D eigenvalue weighted by atomic mass is 19.1. The number of nitrogens with two attached hydrogens (primary N) is 1. The number of nitrogens with one attached hydrogen (secondary N) is 1. The molecule has 0 spiro atoms. The lowest BCUT2D eigenvalue weighted by Gasteiger charge is -2.27. The van der Waals surface area contributed by atoms with E-state index in [1.54, 1.807) is 0 Å². The maximum Gasteiger partial charge on any atom is 0.255 e. The van der Waals surface area contributed by atoms with Crippen LogP contribution in [0.3, 0.4) is 0 Å². The minimum Gasteiger partial charge on any atom is -0.496 e. The summed E-state index contributed by atoms with van der Waals surface area (Å²) in [5, 5.41) is 12.2. The number of ether oxygens (including phenoxy) is 2. The summed E-state index contributed by atoms with van der Waals surface area (Å²) in [5.41, 5.74) is 10.7. The number of halogens is 1. The number of anilines is 1. The number of amides is 1. The quantitative estimate of drug-likeness (QED) is 0.352. The SMILES string of the molecule is COc1ccc(F)cc1C(=O)NCc1ccc(-n2cc(C3CCC(CO)OC3)c3ncnc(N)c32)cc1. The predicted octanol–water partition coefficient (Wildman–Crippen LogP) is 3.34. The first-order valence-corrected chi connectivity index (χ1v) is 12.0. The number of carbonyl (C=O) groups excluding carboxylic acids is 1. The first kappa shape index (κ1) is 24.7. The number of hydrogen-bond donors (Lipinski definition) is 3. The Bertz CT molecular complexity index is 1410. The topological polar surface area (TPSA) is 125 Å². The van der Waals surface area contributed by atoms with Crippen molar-refractivity contribution in [3.8, 4) is 11.4 Å². The molecule has 2 unspecified atom stereocenters. The van der Waals surface area contributed by atoms with Gasteiger partial charge in [-0.05, 0) is 48.7 Å².